The lowest BCUT2D eigenvalue weighted by molar-refractivity contribution is -0.146. The Kier molecular flexibility index (Phi) is 9.60. The van der Waals surface area contributed by atoms with Gasteiger partial charge in [-0.25, -0.2) is 14.6 Å². The zero-order valence-corrected chi connectivity index (χ0v) is 26.9. The van der Waals surface area contributed by atoms with Gasteiger partial charge in [0.2, 0.25) is 5.91 Å². The maximum absolute atomic E-state index is 13.0. The maximum Gasteiger partial charge on any atom is 0.302 e. The van der Waals surface area contributed by atoms with Crippen molar-refractivity contribution >= 4 is 28.7 Å². The average Bonchev–Trinajstić information content (AvgIpc) is 3.45. The minimum absolute atomic E-state index is 0.0704. The number of carbonyl (C=O) groups is 2. The number of esters is 1. The topological polar surface area (TPSA) is 132 Å². The van der Waals surface area contributed by atoms with Gasteiger partial charge in [-0.3, -0.25) is 14.5 Å². The van der Waals surface area contributed by atoms with Crippen LogP contribution >= 0.6 is 0 Å². The smallest absolute Gasteiger partial charge is 0.302 e. The summed E-state index contributed by atoms with van der Waals surface area (Å²) in [5, 5.41) is 9.03. The number of likely N-dealkylation sites (N-methyl/N-ethyl adjacent to an activating group) is 1. The minimum Gasteiger partial charge on any atom is -0.462 e. The van der Waals surface area contributed by atoms with E-state index < -0.39 is 12.1 Å². The van der Waals surface area contributed by atoms with E-state index in [-0.39, 0.29) is 24.4 Å². The number of amides is 1. The number of fused-ring (bicyclic) bond motifs is 1. The first-order valence-electron chi connectivity index (χ1n) is 16.3. The molecule has 1 aliphatic carbocycles. The van der Waals surface area contributed by atoms with Crippen LogP contribution in [0, 0.1) is 0 Å². The fourth-order valence-electron chi connectivity index (χ4n) is 6.95. The Labute approximate surface area is 270 Å². The number of anilines is 1. The third-order valence-electron chi connectivity index (χ3n) is 9.38. The van der Waals surface area contributed by atoms with Crippen molar-refractivity contribution in [2.75, 3.05) is 39.0 Å². The molecule has 2 unspecified atom stereocenters. The Morgan fingerprint density at radius 2 is 1.59 bits per heavy atom. The fourth-order valence-corrected chi connectivity index (χ4v) is 6.95. The number of nitrogens with two attached hydrogens (primary N) is 1. The van der Waals surface area contributed by atoms with Crippen LogP contribution in [0.15, 0.2) is 60.9 Å². The highest BCUT2D eigenvalue weighted by Gasteiger charge is 2.31. The van der Waals surface area contributed by atoms with Crippen LogP contribution < -0.4 is 11.1 Å². The Balaban J connectivity index is 1.24. The summed E-state index contributed by atoms with van der Waals surface area (Å²) in [7, 11) is 2.20. The number of hydrogen-bond acceptors (Lipinski definition) is 9. The molecule has 3 N–H and O–H groups in total. The molecule has 2 aliphatic rings. The molecule has 1 saturated carbocycles. The molecule has 1 aliphatic heterocycles. The molecule has 2 fully saturated rings. The molecule has 0 spiro atoms. The molecule has 0 radical (unpaired) electrons. The third kappa shape index (κ3) is 7.05. The SMILES string of the molecule is CC(=O)OC(C)CC(=O)NC(c1ccccc1)c1ccc(-c2nn(C3CCC(N4CCN(C)CC4)CC3)c3ncnc(N)c23)cc1. The van der Waals surface area contributed by atoms with Crippen LogP contribution in [0.5, 0.6) is 0 Å². The normalized spacial score (nSPS) is 20.7. The number of nitrogens with zero attached hydrogens (tertiary/aromatic N) is 6. The van der Waals surface area contributed by atoms with Crippen LogP contribution in [0.2, 0.25) is 0 Å². The maximum atomic E-state index is 13.0. The summed E-state index contributed by atoms with van der Waals surface area (Å²) < 4.78 is 7.25. The summed E-state index contributed by atoms with van der Waals surface area (Å²) in [5.74, 6) is -0.198. The van der Waals surface area contributed by atoms with E-state index in [0.717, 1.165) is 85.3 Å². The largest absolute Gasteiger partial charge is 0.462 e. The van der Waals surface area contributed by atoms with Crippen molar-refractivity contribution in [3.63, 3.8) is 0 Å². The highest BCUT2D eigenvalue weighted by atomic mass is 16.5. The molecule has 0 bridgehead atoms. The zero-order valence-electron chi connectivity index (χ0n) is 26.9. The second-order valence-corrected chi connectivity index (χ2v) is 12.7. The predicted molar refractivity (Wildman–Crippen MR) is 178 cm³/mol. The van der Waals surface area contributed by atoms with Crippen LogP contribution in [-0.2, 0) is 14.3 Å². The number of benzene rings is 2. The van der Waals surface area contributed by atoms with Gasteiger partial charge in [0.25, 0.3) is 0 Å². The quantitative estimate of drug-likeness (QED) is 0.261. The van der Waals surface area contributed by atoms with Gasteiger partial charge in [0, 0.05) is 44.7 Å². The molecular weight excluding hydrogens is 580 g/mol. The molecule has 2 aromatic carbocycles. The van der Waals surface area contributed by atoms with Gasteiger partial charge >= 0.3 is 5.97 Å². The van der Waals surface area contributed by atoms with Crippen molar-refractivity contribution in [1.82, 2.24) is 34.9 Å². The van der Waals surface area contributed by atoms with Crippen LogP contribution in [0.4, 0.5) is 5.82 Å². The third-order valence-corrected chi connectivity index (χ3v) is 9.38. The summed E-state index contributed by atoms with van der Waals surface area (Å²) >= 11 is 0. The van der Waals surface area contributed by atoms with E-state index >= 15 is 0 Å². The molecule has 4 aromatic rings. The number of ether oxygens (including phenoxy) is 1. The molecule has 3 heterocycles. The summed E-state index contributed by atoms with van der Waals surface area (Å²) in [5.41, 5.74) is 10.8. The Bertz CT molecular complexity index is 1640. The van der Waals surface area contributed by atoms with Crippen molar-refractivity contribution in [1.29, 1.82) is 0 Å². The van der Waals surface area contributed by atoms with Gasteiger partial charge in [0.05, 0.1) is 23.9 Å². The average molecular weight is 625 g/mol. The van der Waals surface area contributed by atoms with Crippen molar-refractivity contribution < 1.29 is 14.3 Å². The standard InChI is InChI=1S/C35H44N8O3/c1-23(46-24(2)44)21-30(45)39-32(25-7-5-4-6-8-25)26-9-11-27(12-10-26)33-31-34(36)37-22-38-35(31)43(40-33)29-15-13-28(14-16-29)42-19-17-41(3)18-20-42/h4-12,22-23,28-29,32H,13-21H2,1-3H3,(H,39,45)(H2,36,37,38). The zero-order chi connectivity index (χ0) is 32.2. The van der Waals surface area contributed by atoms with Gasteiger partial charge in [-0.15, -0.1) is 0 Å². The van der Waals surface area contributed by atoms with E-state index in [1.165, 1.54) is 13.3 Å². The van der Waals surface area contributed by atoms with Crippen LogP contribution in [0.3, 0.4) is 0 Å². The summed E-state index contributed by atoms with van der Waals surface area (Å²) in [6.07, 6.45) is 5.46. The molecule has 1 saturated heterocycles. The van der Waals surface area contributed by atoms with Gasteiger partial charge in [-0.1, -0.05) is 54.6 Å². The van der Waals surface area contributed by atoms with Gasteiger partial charge in [-0.2, -0.15) is 5.10 Å². The van der Waals surface area contributed by atoms with E-state index in [4.69, 9.17) is 15.6 Å². The molecular formula is C35H44N8O3. The summed E-state index contributed by atoms with van der Waals surface area (Å²) in [6, 6.07) is 18.4. The lowest BCUT2D eigenvalue weighted by atomic mass is 9.90. The second-order valence-electron chi connectivity index (χ2n) is 12.7. The van der Waals surface area contributed by atoms with Gasteiger partial charge in [0.15, 0.2) is 5.65 Å². The molecule has 2 aromatic heterocycles. The van der Waals surface area contributed by atoms with Gasteiger partial charge in [-0.05, 0) is 50.8 Å². The number of hydrogen-bond donors (Lipinski definition) is 2. The Hall–Kier alpha value is -4.35. The van der Waals surface area contributed by atoms with Crippen molar-refractivity contribution in [2.24, 2.45) is 0 Å². The van der Waals surface area contributed by atoms with Gasteiger partial charge < -0.3 is 20.7 Å². The summed E-state index contributed by atoms with van der Waals surface area (Å²) in [4.78, 5) is 38.4. The second kappa shape index (κ2) is 14.0. The number of nitrogen functional groups attached to an aromatic ring is 1. The Morgan fingerprint density at radius 1 is 0.935 bits per heavy atom. The highest BCUT2D eigenvalue weighted by Crippen LogP contribution is 2.37. The highest BCUT2D eigenvalue weighted by molar-refractivity contribution is 5.98. The molecule has 11 heteroatoms. The Morgan fingerprint density at radius 3 is 2.26 bits per heavy atom. The number of piperazine rings is 1. The lowest BCUT2D eigenvalue weighted by Crippen LogP contribution is -2.49. The lowest BCUT2D eigenvalue weighted by Gasteiger charge is -2.41. The predicted octanol–water partition coefficient (Wildman–Crippen LogP) is 4.35. The monoisotopic (exact) mass is 624 g/mol. The molecule has 1 amide bonds. The number of aromatic nitrogens is 4. The first kappa shape index (κ1) is 31.6. The molecule has 242 valence electrons. The van der Waals surface area contributed by atoms with Crippen LogP contribution in [0.1, 0.15) is 69.2 Å². The first-order valence-corrected chi connectivity index (χ1v) is 16.3. The van der Waals surface area contributed by atoms with Crippen molar-refractivity contribution in [2.45, 2.75) is 70.2 Å². The van der Waals surface area contributed by atoms with E-state index in [1.54, 1.807) is 6.92 Å². The van der Waals surface area contributed by atoms with Crippen LogP contribution in [0.25, 0.3) is 22.3 Å². The van der Waals surface area contributed by atoms with E-state index in [0.29, 0.717) is 11.9 Å². The number of carbonyl (C=O) groups excluding carboxylic acids is 2. The van der Waals surface area contributed by atoms with Crippen LogP contribution in [-0.4, -0.2) is 86.8 Å². The molecule has 46 heavy (non-hydrogen) atoms. The molecule has 2 atom stereocenters. The molecule has 11 nitrogen and oxygen atoms in total. The summed E-state index contributed by atoms with van der Waals surface area (Å²) in [6.45, 7) is 7.61. The van der Waals surface area contributed by atoms with Crippen molar-refractivity contribution in [3.05, 3.63) is 72.1 Å². The number of rotatable bonds is 9. The fraction of sp³-hybridized carbons (Fsp3) is 0.457. The van der Waals surface area contributed by atoms with E-state index in [1.807, 2.05) is 54.6 Å². The minimum atomic E-state index is -0.519. The van der Waals surface area contributed by atoms with Gasteiger partial charge in [0.1, 0.15) is 23.9 Å². The van der Waals surface area contributed by atoms with E-state index in [9.17, 15) is 9.59 Å². The van der Waals surface area contributed by atoms with E-state index in [2.05, 4.69) is 36.8 Å². The number of nitrogens with one attached hydrogen (secondary N) is 1. The first-order chi connectivity index (χ1) is 22.3. The van der Waals surface area contributed by atoms with Crippen molar-refractivity contribution in [3.8, 4) is 11.3 Å². The molecule has 6 rings (SSSR count).